The molecule has 0 aromatic heterocycles. The lowest BCUT2D eigenvalue weighted by Crippen LogP contribution is -2.70. The molecule has 0 aliphatic carbocycles. The monoisotopic (exact) mass is 431 g/mol. The average molecular weight is 432 g/mol. The number of methoxy groups -OCH3 is 1. The van der Waals surface area contributed by atoms with Gasteiger partial charge >= 0.3 is 0 Å². The Labute approximate surface area is 176 Å². The van der Waals surface area contributed by atoms with E-state index in [-0.39, 0.29) is 19.6 Å². The van der Waals surface area contributed by atoms with Crippen LogP contribution in [0.15, 0.2) is 54.6 Å². The molecule has 0 saturated carbocycles. The molecule has 2 aromatic carbocycles. The van der Waals surface area contributed by atoms with E-state index in [1.807, 2.05) is 30.3 Å². The fraction of sp³-hybridized carbons (Fsp3) is 0.333. The van der Waals surface area contributed by atoms with E-state index in [0.717, 1.165) is 16.1 Å². The molecule has 0 unspecified atom stereocenters. The average Bonchev–Trinajstić information content (AvgIpc) is 2.71. The summed E-state index contributed by atoms with van der Waals surface area (Å²) in [6, 6.07) is 16.1. The minimum Gasteiger partial charge on any atom is -0.497 e. The zero-order chi connectivity index (χ0) is 21.9. The first-order valence-electron chi connectivity index (χ1n) is 9.39. The fourth-order valence-corrected chi connectivity index (χ4v) is 4.35. The number of nitrogens with one attached hydrogen (secondary N) is 1. The molecule has 160 valence electrons. The number of rotatable bonds is 6. The van der Waals surface area contributed by atoms with Crippen molar-refractivity contribution in [2.45, 2.75) is 19.0 Å². The van der Waals surface area contributed by atoms with Gasteiger partial charge in [-0.1, -0.05) is 36.4 Å². The molecule has 1 saturated heterocycles. The van der Waals surface area contributed by atoms with Crippen molar-refractivity contribution in [1.29, 1.82) is 0 Å². The van der Waals surface area contributed by atoms with E-state index in [2.05, 4.69) is 5.32 Å². The largest absolute Gasteiger partial charge is 0.497 e. The number of hydrogen-bond acceptors (Lipinski definition) is 5. The van der Waals surface area contributed by atoms with Crippen LogP contribution in [-0.2, 0) is 26.2 Å². The Bertz CT molecular complexity index is 1040. The number of sulfonamides is 1. The summed E-state index contributed by atoms with van der Waals surface area (Å²) in [5, 5.41) is 2.84. The lowest BCUT2D eigenvalue weighted by atomic mass is 9.94. The highest BCUT2D eigenvalue weighted by molar-refractivity contribution is 7.88. The first kappa shape index (κ1) is 21.8. The van der Waals surface area contributed by atoms with E-state index in [9.17, 15) is 18.0 Å². The zero-order valence-corrected chi connectivity index (χ0v) is 18.0. The van der Waals surface area contributed by atoms with Gasteiger partial charge in [0.15, 0.2) is 0 Å². The second kappa shape index (κ2) is 8.45. The molecule has 0 bridgehead atoms. The Morgan fingerprint density at radius 1 is 1.17 bits per heavy atom. The standard InChI is InChI=1S/C21H25N3O5S/c1-21(20(26)22-13-16-8-5-4-6-9-16)15-23(30(3,27)28)14-19(25)24(21)17-10-7-11-18(12-17)29-2/h4-12H,13-15H2,1-3H3,(H,22,26)/t21-/m1/s1. The van der Waals surface area contributed by atoms with Crippen molar-refractivity contribution in [2.24, 2.45) is 0 Å². The summed E-state index contributed by atoms with van der Waals surface area (Å²) in [6.07, 6.45) is 1.03. The van der Waals surface area contributed by atoms with E-state index in [0.29, 0.717) is 11.4 Å². The molecule has 2 amide bonds. The molecule has 0 radical (unpaired) electrons. The molecule has 1 heterocycles. The summed E-state index contributed by atoms with van der Waals surface area (Å²) in [7, 11) is -2.16. The molecule has 1 N–H and O–H groups in total. The highest BCUT2D eigenvalue weighted by Crippen LogP contribution is 2.32. The second-order valence-corrected chi connectivity index (χ2v) is 9.39. The number of piperazine rings is 1. The summed E-state index contributed by atoms with van der Waals surface area (Å²) >= 11 is 0. The normalized spacial score (nSPS) is 20.1. The van der Waals surface area contributed by atoms with Crippen LogP contribution in [-0.4, -0.2) is 56.5 Å². The first-order chi connectivity index (χ1) is 14.1. The van der Waals surface area contributed by atoms with Gasteiger partial charge in [-0.2, -0.15) is 4.31 Å². The summed E-state index contributed by atoms with van der Waals surface area (Å²) in [5.41, 5.74) is -0.0890. The van der Waals surface area contributed by atoms with Crippen LogP contribution < -0.4 is 15.0 Å². The van der Waals surface area contributed by atoms with Gasteiger partial charge in [0.05, 0.1) is 19.9 Å². The number of carbonyl (C=O) groups is 2. The van der Waals surface area contributed by atoms with Crippen LogP contribution >= 0.6 is 0 Å². The van der Waals surface area contributed by atoms with Crippen LogP contribution in [0.1, 0.15) is 12.5 Å². The van der Waals surface area contributed by atoms with Crippen LogP contribution in [0.4, 0.5) is 5.69 Å². The van der Waals surface area contributed by atoms with Gasteiger partial charge in [-0.05, 0) is 24.6 Å². The van der Waals surface area contributed by atoms with Crippen molar-refractivity contribution in [3.63, 3.8) is 0 Å². The van der Waals surface area contributed by atoms with Gasteiger partial charge in [0, 0.05) is 24.8 Å². The minimum absolute atomic E-state index is 0.157. The second-order valence-electron chi connectivity index (χ2n) is 7.40. The van der Waals surface area contributed by atoms with Crippen molar-refractivity contribution in [1.82, 2.24) is 9.62 Å². The maximum atomic E-state index is 13.3. The van der Waals surface area contributed by atoms with Crippen LogP contribution in [0, 0.1) is 0 Å². The number of nitrogens with zero attached hydrogens (tertiary/aromatic N) is 2. The predicted octanol–water partition coefficient (Wildman–Crippen LogP) is 1.38. The molecule has 8 nitrogen and oxygen atoms in total. The van der Waals surface area contributed by atoms with Gasteiger partial charge in [-0.15, -0.1) is 0 Å². The van der Waals surface area contributed by atoms with E-state index >= 15 is 0 Å². The van der Waals surface area contributed by atoms with Crippen molar-refractivity contribution in [2.75, 3.05) is 31.4 Å². The van der Waals surface area contributed by atoms with Crippen LogP contribution in [0.5, 0.6) is 5.75 Å². The lowest BCUT2D eigenvalue weighted by Gasteiger charge is -2.46. The zero-order valence-electron chi connectivity index (χ0n) is 17.2. The van der Waals surface area contributed by atoms with E-state index in [1.165, 1.54) is 12.0 Å². The number of amides is 2. The predicted molar refractivity (Wildman–Crippen MR) is 114 cm³/mol. The van der Waals surface area contributed by atoms with Crippen LogP contribution in [0.2, 0.25) is 0 Å². The van der Waals surface area contributed by atoms with E-state index in [4.69, 9.17) is 4.74 Å². The molecule has 3 rings (SSSR count). The van der Waals surface area contributed by atoms with Crippen molar-refractivity contribution >= 4 is 27.5 Å². The SMILES string of the molecule is COc1cccc(N2C(=O)CN(S(C)(=O)=O)C[C@]2(C)C(=O)NCc2ccccc2)c1. The molecule has 9 heteroatoms. The molecule has 30 heavy (non-hydrogen) atoms. The third-order valence-corrected chi connectivity index (χ3v) is 6.30. The lowest BCUT2D eigenvalue weighted by molar-refractivity contribution is -0.133. The smallest absolute Gasteiger partial charge is 0.247 e. The van der Waals surface area contributed by atoms with Crippen molar-refractivity contribution < 1.29 is 22.7 Å². The number of carbonyl (C=O) groups excluding carboxylic acids is 2. The third kappa shape index (κ3) is 4.47. The fourth-order valence-electron chi connectivity index (χ4n) is 3.52. The topological polar surface area (TPSA) is 96.0 Å². The third-order valence-electron chi connectivity index (χ3n) is 5.10. The van der Waals surface area contributed by atoms with E-state index in [1.54, 1.807) is 31.2 Å². The van der Waals surface area contributed by atoms with Gasteiger partial charge in [-0.3, -0.25) is 14.5 Å². The van der Waals surface area contributed by atoms with Gasteiger partial charge < -0.3 is 10.1 Å². The summed E-state index contributed by atoms with van der Waals surface area (Å²) < 4.78 is 30.6. The number of hydrogen-bond donors (Lipinski definition) is 1. The number of benzene rings is 2. The van der Waals surface area contributed by atoms with Crippen LogP contribution in [0.3, 0.4) is 0 Å². The number of anilines is 1. The summed E-state index contributed by atoms with van der Waals surface area (Å²) in [6.45, 7) is 1.34. The Morgan fingerprint density at radius 3 is 2.50 bits per heavy atom. The Balaban J connectivity index is 1.97. The molecule has 0 spiro atoms. The van der Waals surface area contributed by atoms with E-state index < -0.39 is 27.4 Å². The summed E-state index contributed by atoms with van der Waals surface area (Å²) in [4.78, 5) is 27.7. The highest BCUT2D eigenvalue weighted by atomic mass is 32.2. The number of ether oxygens (including phenoxy) is 1. The minimum atomic E-state index is -3.67. The molecular formula is C21H25N3O5S. The molecule has 1 aliphatic rings. The Hall–Kier alpha value is -2.91. The van der Waals surface area contributed by atoms with Crippen LogP contribution in [0.25, 0.3) is 0 Å². The van der Waals surface area contributed by atoms with Gasteiger partial charge in [0.2, 0.25) is 21.8 Å². The maximum absolute atomic E-state index is 13.3. The maximum Gasteiger partial charge on any atom is 0.247 e. The van der Waals surface area contributed by atoms with Gasteiger partial charge in [-0.25, -0.2) is 8.42 Å². The molecule has 1 aliphatic heterocycles. The molecule has 1 fully saturated rings. The van der Waals surface area contributed by atoms with Crippen molar-refractivity contribution in [3.05, 3.63) is 60.2 Å². The molecule has 2 aromatic rings. The molecular weight excluding hydrogens is 406 g/mol. The Morgan fingerprint density at radius 2 is 1.87 bits per heavy atom. The quantitative estimate of drug-likeness (QED) is 0.746. The first-order valence-corrected chi connectivity index (χ1v) is 11.2. The van der Waals surface area contributed by atoms with Gasteiger partial charge in [0.25, 0.3) is 0 Å². The highest BCUT2D eigenvalue weighted by Gasteiger charge is 2.50. The molecule has 1 atom stereocenters. The van der Waals surface area contributed by atoms with Gasteiger partial charge in [0.1, 0.15) is 11.3 Å². The Kier molecular flexibility index (Phi) is 6.14. The van der Waals surface area contributed by atoms with Crippen molar-refractivity contribution in [3.8, 4) is 5.75 Å². The summed E-state index contributed by atoms with van der Waals surface area (Å²) in [5.74, 6) is -0.411.